The number of nitrogens with one attached hydrogen (secondary N) is 2. The molecule has 0 saturated carbocycles. The van der Waals surface area contributed by atoms with Gasteiger partial charge >= 0.3 is 0 Å². The van der Waals surface area contributed by atoms with Crippen LogP contribution in [0.15, 0.2) is 10.2 Å². The van der Waals surface area contributed by atoms with Crippen molar-refractivity contribution >= 4 is 28.4 Å². The summed E-state index contributed by atoms with van der Waals surface area (Å²) in [5.41, 5.74) is 0.321. The van der Waals surface area contributed by atoms with Crippen molar-refractivity contribution in [2.75, 3.05) is 6.54 Å². The summed E-state index contributed by atoms with van der Waals surface area (Å²) < 4.78 is 0.569. The molecule has 0 unspecified atom stereocenters. The number of halogens is 1. The first-order valence-electron chi connectivity index (χ1n) is 2.85. The van der Waals surface area contributed by atoms with Gasteiger partial charge in [-0.25, -0.2) is 0 Å². The maximum absolute atomic E-state index is 10.2. The van der Waals surface area contributed by atoms with E-state index in [0.29, 0.717) is 16.5 Å². The van der Waals surface area contributed by atoms with Crippen molar-refractivity contribution in [1.29, 1.82) is 5.41 Å². The van der Waals surface area contributed by atoms with Crippen molar-refractivity contribution in [3.8, 4) is 0 Å². The number of carbonyl (C=O) groups is 1. The Balaban J connectivity index is 4.26. The Morgan fingerprint density at radius 3 is 2.70 bits per heavy atom. The number of hydrogen-bond acceptors (Lipinski definition) is 3. The molecule has 0 radical (unpaired) electrons. The van der Waals surface area contributed by atoms with Gasteiger partial charge in [0, 0.05) is 12.8 Å². The molecule has 2 N–H and O–H groups in total. The molecule has 10 heavy (non-hydrogen) atoms. The molecule has 3 nitrogen and oxygen atoms in total. The number of carbonyl (C=O) groups excluding carboxylic acids is 1. The summed E-state index contributed by atoms with van der Waals surface area (Å²) in [5.74, 6) is 0. The minimum absolute atomic E-state index is 0.321. The average Bonchev–Trinajstić information content (AvgIpc) is 1.91. The second kappa shape index (κ2) is 5.17. The third kappa shape index (κ3) is 2.77. The molecule has 0 aromatic rings. The van der Waals surface area contributed by atoms with Crippen LogP contribution in [0.5, 0.6) is 0 Å². The molecule has 0 amide bonds. The van der Waals surface area contributed by atoms with Gasteiger partial charge < -0.3 is 10.7 Å². The summed E-state index contributed by atoms with van der Waals surface area (Å²) in [6, 6.07) is 0. The van der Waals surface area contributed by atoms with Crippen molar-refractivity contribution in [1.82, 2.24) is 5.32 Å². The van der Waals surface area contributed by atoms with Crippen LogP contribution < -0.4 is 5.32 Å². The fourth-order valence-corrected chi connectivity index (χ4v) is 0.895. The summed E-state index contributed by atoms with van der Waals surface area (Å²) in [6.45, 7) is 2.64. The fourth-order valence-electron chi connectivity index (χ4n) is 0.406. The summed E-state index contributed by atoms with van der Waals surface area (Å²) in [5, 5.41) is 9.65. The number of aldehydes is 1. The molecule has 56 valence electrons. The van der Waals surface area contributed by atoms with Gasteiger partial charge in [-0.05, 0) is 22.9 Å². The van der Waals surface area contributed by atoms with Crippen LogP contribution in [-0.2, 0) is 4.79 Å². The molecule has 4 heteroatoms. The Labute approximate surface area is 68.1 Å². The minimum atomic E-state index is 0.321. The van der Waals surface area contributed by atoms with E-state index in [-0.39, 0.29) is 0 Å². The Morgan fingerprint density at radius 1 is 1.80 bits per heavy atom. The van der Waals surface area contributed by atoms with Crippen molar-refractivity contribution in [2.45, 2.75) is 6.92 Å². The SMILES string of the molecule is CCN/C(Br)=C(\C=N)C=O. The van der Waals surface area contributed by atoms with Crippen LogP contribution in [0.2, 0.25) is 0 Å². The standard InChI is InChI=1S/C6H9BrN2O/c1-2-9-6(7)5(3-8)4-10/h3-4,8-9H,2H2,1H3/b6-5+,8-3?. The van der Waals surface area contributed by atoms with E-state index in [4.69, 9.17) is 5.41 Å². The van der Waals surface area contributed by atoms with Gasteiger partial charge in [0.25, 0.3) is 0 Å². The number of rotatable bonds is 4. The lowest BCUT2D eigenvalue weighted by atomic mass is 10.3. The number of allylic oxidation sites excluding steroid dienone is 1. The van der Waals surface area contributed by atoms with Gasteiger partial charge in [-0.1, -0.05) is 0 Å². The van der Waals surface area contributed by atoms with Gasteiger partial charge in [0.1, 0.15) is 0 Å². The van der Waals surface area contributed by atoms with E-state index in [1.165, 1.54) is 0 Å². The predicted molar refractivity (Wildman–Crippen MR) is 44.5 cm³/mol. The van der Waals surface area contributed by atoms with Crippen molar-refractivity contribution in [2.24, 2.45) is 0 Å². The Bertz CT molecular complexity index is 155. The first-order valence-corrected chi connectivity index (χ1v) is 3.64. The first kappa shape index (κ1) is 9.36. The average molecular weight is 205 g/mol. The first-order chi connectivity index (χ1) is 4.76. The van der Waals surface area contributed by atoms with E-state index in [1.54, 1.807) is 0 Å². The zero-order chi connectivity index (χ0) is 7.98. The second-order valence-corrected chi connectivity index (χ2v) is 2.35. The molecule has 0 heterocycles. The van der Waals surface area contributed by atoms with Crippen LogP contribution >= 0.6 is 15.9 Å². The molecule has 0 spiro atoms. The fraction of sp³-hybridized carbons (Fsp3) is 0.333. The van der Waals surface area contributed by atoms with E-state index >= 15 is 0 Å². The van der Waals surface area contributed by atoms with Gasteiger partial charge in [0.15, 0.2) is 6.29 Å². The molecule has 0 aromatic heterocycles. The van der Waals surface area contributed by atoms with Gasteiger partial charge in [-0.3, -0.25) is 4.79 Å². The van der Waals surface area contributed by atoms with Crippen LogP contribution in [0.3, 0.4) is 0 Å². The van der Waals surface area contributed by atoms with Gasteiger partial charge in [-0.15, -0.1) is 0 Å². The molecule has 0 rings (SSSR count). The molecule has 0 aliphatic heterocycles. The lowest BCUT2D eigenvalue weighted by Crippen LogP contribution is -2.10. The monoisotopic (exact) mass is 204 g/mol. The molecule has 0 fully saturated rings. The van der Waals surface area contributed by atoms with Crippen molar-refractivity contribution < 1.29 is 4.79 Å². The third-order valence-electron chi connectivity index (χ3n) is 0.868. The highest BCUT2D eigenvalue weighted by molar-refractivity contribution is 9.11. The van der Waals surface area contributed by atoms with E-state index in [2.05, 4.69) is 21.2 Å². The Hall–Kier alpha value is -0.640. The molecular formula is C6H9BrN2O. The smallest absolute Gasteiger partial charge is 0.154 e. The van der Waals surface area contributed by atoms with E-state index in [0.717, 1.165) is 12.8 Å². The number of hydrogen-bond donors (Lipinski definition) is 2. The highest BCUT2D eigenvalue weighted by Gasteiger charge is 1.96. The quantitative estimate of drug-likeness (QED) is 0.312. The van der Waals surface area contributed by atoms with Gasteiger partial charge in [0.05, 0.1) is 10.2 Å². The highest BCUT2D eigenvalue weighted by Crippen LogP contribution is 2.03. The molecule has 0 aliphatic carbocycles. The summed E-state index contributed by atoms with van der Waals surface area (Å²) in [4.78, 5) is 10.2. The van der Waals surface area contributed by atoms with Crippen LogP contribution in [0.1, 0.15) is 6.92 Å². The van der Waals surface area contributed by atoms with Crippen LogP contribution in [0.25, 0.3) is 0 Å². The van der Waals surface area contributed by atoms with Crippen LogP contribution in [0.4, 0.5) is 0 Å². The van der Waals surface area contributed by atoms with Gasteiger partial charge in [-0.2, -0.15) is 0 Å². The Kier molecular flexibility index (Phi) is 4.84. The summed E-state index contributed by atoms with van der Waals surface area (Å²) in [6.07, 6.45) is 1.62. The minimum Gasteiger partial charge on any atom is -0.379 e. The molecule has 0 aliphatic rings. The van der Waals surface area contributed by atoms with Gasteiger partial charge in [0.2, 0.25) is 0 Å². The maximum atomic E-state index is 10.2. The lowest BCUT2D eigenvalue weighted by Gasteiger charge is -2.00. The molecule has 0 saturated heterocycles. The maximum Gasteiger partial charge on any atom is 0.154 e. The normalized spacial score (nSPS) is 11.8. The van der Waals surface area contributed by atoms with E-state index in [1.807, 2.05) is 6.92 Å². The summed E-state index contributed by atoms with van der Waals surface area (Å²) in [7, 11) is 0. The Morgan fingerprint density at radius 2 is 2.40 bits per heavy atom. The van der Waals surface area contributed by atoms with Crippen LogP contribution in [0, 0.1) is 5.41 Å². The largest absolute Gasteiger partial charge is 0.379 e. The van der Waals surface area contributed by atoms with E-state index in [9.17, 15) is 4.79 Å². The highest BCUT2D eigenvalue weighted by atomic mass is 79.9. The lowest BCUT2D eigenvalue weighted by molar-refractivity contribution is -0.104. The van der Waals surface area contributed by atoms with Crippen molar-refractivity contribution in [3.05, 3.63) is 10.2 Å². The second-order valence-electron chi connectivity index (χ2n) is 1.56. The molecule has 0 aromatic carbocycles. The van der Waals surface area contributed by atoms with E-state index < -0.39 is 0 Å². The summed E-state index contributed by atoms with van der Waals surface area (Å²) >= 11 is 3.11. The third-order valence-corrected chi connectivity index (χ3v) is 1.61. The van der Waals surface area contributed by atoms with Crippen molar-refractivity contribution in [3.63, 3.8) is 0 Å². The zero-order valence-corrected chi connectivity index (χ0v) is 7.23. The molecular weight excluding hydrogens is 196 g/mol. The predicted octanol–water partition coefficient (Wildman–Crippen LogP) is 1.05. The topological polar surface area (TPSA) is 53.0 Å². The zero-order valence-electron chi connectivity index (χ0n) is 5.65. The molecule has 0 bridgehead atoms. The molecule has 0 atom stereocenters. The van der Waals surface area contributed by atoms with Crippen LogP contribution in [-0.4, -0.2) is 19.0 Å².